The van der Waals surface area contributed by atoms with Gasteiger partial charge in [0.05, 0.1) is 0 Å². The van der Waals surface area contributed by atoms with E-state index in [1.807, 2.05) is 0 Å². The Labute approximate surface area is 111 Å². The first-order chi connectivity index (χ1) is 7.84. The molecule has 0 aliphatic rings. The van der Waals surface area contributed by atoms with E-state index >= 15 is 0 Å². The SMILES string of the molecule is CC(=O)C(Cl)c1cc(C(O)C(=O)O)ccc1Br. The van der Waals surface area contributed by atoms with Crippen LogP contribution in [0.3, 0.4) is 0 Å². The molecule has 2 N–H and O–H groups in total. The van der Waals surface area contributed by atoms with Gasteiger partial charge in [-0.05, 0) is 30.2 Å². The number of hydrogen-bond donors (Lipinski definition) is 2. The predicted molar refractivity (Wildman–Crippen MR) is 66.0 cm³/mol. The highest BCUT2D eigenvalue weighted by atomic mass is 79.9. The van der Waals surface area contributed by atoms with Crippen LogP contribution in [0.1, 0.15) is 29.5 Å². The smallest absolute Gasteiger partial charge is 0.337 e. The van der Waals surface area contributed by atoms with Crippen molar-refractivity contribution in [2.24, 2.45) is 0 Å². The molecule has 1 aromatic rings. The van der Waals surface area contributed by atoms with E-state index in [1.54, 1.807) is 6.07 Å². The van der Waals surface area contributed by atoms with Gasteiger partial charge in [0.1, 0.15) is 5.38 Å². The van der Waals surface area contributed by atoms with Gasteiger partial charge in [-0.3, -0.25) is 4.79 Å². The molecule has 0 aromatic heterocycles. The maximum atomic E-state index is 11.2. The first kappa shape index (κ1) is 14.2. The summed E-state index contributed by atoms with van der Waals surface area (Å²) in [5, 5.41) is 17.2. The summed E-state index contributed by atoms with van der Waals surface area (Å²) in [5.41, 5.74) is 0.625. The first-order valence-electron chi connectivity index (χ1n) is 4.69. The molecule has 0 bridgehead atoms. The van der Waals surface area contributed by atoms with Crippen molar-refractivity contribution in [3.8, 4) is 0 Å². The van der Waals surface area contributed by atoms with E-state index in [2.05, 4.69) is 15.9 Å². The summed E-state index contributed by atoms with van der Waals surface area (Å²) in [4.78, 5) is 21.8. The highest BCUT2D eigenvalue weighted by Crippen LogP contribution is 2.31. The summed E-state index contributed by atoms with van der Waals surface area (Å²) < 4.78 is 0.592. The van der Waals surface area contributed by atoms with E-state index in [1.165, 1.54) is 19.1 Å². The van der Waals surface area contributed by atoms with E-state index in [-0.39, 0.29) is 11.3 Å². The van der Waals surface area contributed by atoms with Crippen LogP contribution in [0.15, 0.2) is 22.7 Å². The number of aliphatic hydroxyl groups excluding tert-OH is 1. The van der Waals surface area contributed by atoms with Gasteiger partial charge in [-0.25, -0.2) is 4.79 Å². The maximum absolute atomic E-state index is 11.2. The van der Waals surface area contributed by atoms with Crippen LogP contribution in [-0.2, 0) is 9.59 Å². The van der Waals surface area contributed by atoms with Gasteiger partial charge in [0.2, 0.25) is 0 Å². The zero-order chi connectivity index (χ0) is 13.2. The number of Topliss-reactive ketones (excluding diaryl/α,β-unsaturated/α-hetero) is 1. The summed E-state index contributed by atoms with van der Waals surface area (Å²) in [6.07, 6.45) is -1.63. The Balaban J connectivity index is 3.19. The predicted octanol–water partition coefficient (Wildman–Crippen LogP) is 2.44. The number of aliphatic carboxylic acids is 1. The summed E-state index contributed by atoms with van der Waals surface area (Å²) >= 11 is 9.11. The number of carbonyl (C=O) groups is 2. The fourth-order valence-corrected chi connectivity index (χ4v) is 2.08. The number of carboxylic acids is 1. The fourth-order valence-electron chi connectivity index (χ4n) is 1.29. The van der Waals surface area contributed by atoms with Crippen molar-refractivity contribution in [3.05, 3.63) is 33.8 Å². The molecule has 0 heterocycles. The average Bonchev–Trinajstić information content (AvgIpc) is 2.27. The first-order valence-corrected chi connectivity index (χ1v) is 5.92. The molecular formula is C11H10BrClO4. The van der Waals surface area contributed by atoms with Crippen LogP contribution in [0.25, 0.3) is 0 Å². The van der Waals surface area contributed by atoms with Crippen LogP contribution in [-0.4, -0.2) is 22.0 Å². The van der Waals surface area contributed by atoms with E-state index in [0.717, 1.165) is 0 Å². The van der Waals surface area contributed by atoms with E-state index in [4.69, 9.17) is 16.7 Å². The molecule has 2 unspecified atom stereocenters. The zero-order valence-electron chi connectivity index (χ0n) is 8.85. The van der Waals surface area contributed by atoms with Gasteiger partial charge >= 0.3 is 5.97 Å². The van der Waals surface area contributed by atoms with Crippen molar-refractivity contribution in [2.75, 3.05) is 0 Å². The summed E-state index contributed by atoms with van der Waals surface area (Å²) in [7, 11) is 0. The molecule has 17 heavy (non-hydrogen) atoms. The number of rotatable bonds is 4. The molecule has 0 radical (unpaired) electrons. The van der Waals surface area contributed by atoms with Gasteiger partial charge in [0.15, 0.2) is 11.9 Å². The standard InChI is InChI=1S/C11H10BrClO4/c1-5(14)9(13)7-4-6(2-3-8(7)12)10(15)11(16)17/h2-4,9-10,15H,1H3,(H,16,17). The molecule has 0 fully saturated rings. The van der Waals surface area contributed by atoms with Gasteiger partial charge < -0.3 is 10.2 Å². The van der Waals surface area contributed by atoms with Gasteiger partial charge in [0.25, 0.3) is 0 Å². The lowest BCUT2D eigenvalue weighted by Gasteiger charge is -2.12. The molecule has 1 aromatic carbocycles. The Bertz CT molecular complexity index is 461. The second kappa shape index (κ2) is 5.62. The normalized spacial score (nSPS) is 14.1. The summed E-state index contributed by atoms with van der Waals surface area (Å²) in [6, 6.07) is 4.41. The van der Waals surface area contributed by atoms with Gasteiger partial charge in [-0.2, -0.15) is 0 Å². The van der Waals surface area contributed by atoms with Gasteiger partial charge in [-0.1, -0.05) is 22.0 Å². The fraction of sp³-hybridized carbons (Fsp3) is 0.273. The third kappa shape index (κ3) is 3.28. The third-order valence-corrected chi connectivity index (χ3v) is 3.46. The largest absolute Gasteiger partial charge is 0.479 e. The molecule has 4 nitrogen and oxygen atoms in total. The number of hydrogen-bond acceptors (Lipinski definition) is 3. The minimum absolute atomic E-state index is 0.183. The lowest BCUT2D eigenvalue weighted by atomic mass is 10.0. The topological polar surface area (TPSA) is 74.6 Å². The molecule has 92 valence electrons. The zero-order valence-corrected chi connectivity index (χ0v) is 11.2. The molecule has 6 heteroatoms. The molecule has 0 saturated heterocycles. The van der Waals surface area contributed by atoms with E-state index < -0.39 is 17.5 Å². The van der Waals surface area contributed by atoms with Crippen molar-refractivity contribution >= 4 is 39.3 Å². The molecule has 1 rings (SSSR count). The number of aliphatic hydroxyl groups is 1. The third-order valence-electron chi connectivity index (χ3n) is 2.20. The van der Waals surface area contributed by atoms with Crippen LogP contribution in [0.2, 0.25) is 0 Å². The Hall–Kier alpha value is -0.910. The molecule has 0 spiro atoms. The number of ketones is 1. The van der Waals surface area contributed by atoms with Crippen LogP contribution >= 0.6 is 27.5 Å². The number of benzene rings is 1. The number of carbonyl (C=O) groups excluding carboxylic acids is 1. The quantitative estimate of drug-likeness (QED) is 0.835. The van der Waals surface area contributed by atoms with Gasteiger partial charge in [0, 0.05) is 4.47 Å². The van der Waals surface area contributed by atoms with E-state index in [0.29, 0.717) is 10.0 Å². The molecule has 0 saturated carbocycles. The van der Waals surface area contributed by atoms with Crippen LogP contribution in [0.4, 0.5) is 0 Å². The monoisotopic (exact) mass is 320 g/mol. The number of carboxylic acid groups (broad SMARTS) is 1. The van der Waals surface area contributed by atoms with Crippen molar-refractivity contribution in [3.63, 3.8) is 0 Å². The lowest BCUT2D eigenvalue weighted by Crippen LogP contribution is -2.11. The Morgan fingerprint density at radius 2 is 2.00 bits per heavy atom. The Kier molecular flexibility index (Phi) is 4.68. The maximum Gasteiger partial charge on any atom is 0.337 e. The van der Waals surface area contributed by atoms with Crippen molar-refractivity contribution in [1.29, 1.82) is 0 Å². The average molecular weight is 322 g/mol. The van der Waals surface area contributed by atoms with Crippen molar-refractivity contribution in [1.82, 2.24) is 0 Å². The molecule has 0 amide bonds. The second-order valence-corrected chi connectivity index (χ2v) is 4.79. The van der Waals surface area contributed by atoms with E-state index in [9.17, 15) is 14.7 Å². The van der Waals surface area contributed by atoms with Crippen molar-refractivity contribution < 1.29 is 19.8 Å². The highest BCUT2D eigenvalue weighted by Gasteiger charge is 2.21. The van der Waals surface area contributed by atoms with Crippen LogP contribution < -0.4 is 0 Å². The molecule has 0 aliphatic carbocycles. The summed E-state index contributed by atoms with van der Waals surface area (Å²) in [6.45, 7) is 1.34. The van der Waals surface area contributed by atoms with Gasteiger partial charge in [-0.15, -0.1) is 11.6 Å². The highest BCUT2D eigenvalue weighted by molar-refractivity contribution is 9.10. The lowest BCUT2D eigenvalue weighted by molar-refractivity contribution is -0.146. The second-order valence-electron chi connectivity index (χ2n) is 3.49. The molecule has 2 atom stereocenters. The molecule has 0 aliphatic heterocycles. The summed E-state index contributed by atoms with van der Waals surface area (Å²) in [5.74, 6) is -1.61. The minimum atomic E-state index is -1.63. The van der Waals surface area contributed by atoms with Crippen LogP contribution in [0, 0.1) is 0 Å². The minimum Gasteiger partial charge on any atom is -0.479 e. The number of halogens is 2. The number of alkyl halides is 1. The van der Waals surface area contributed by atoms with Crippen LogP contribution in [0.5, 0.6) is 0 Å². The Morgan fingerprint density at radius 3 is 2.47 bits per heavy atom. The molecular weight excluding hydrogens is 311 g/mol. The van der Waals surface area contributed by atoms with Crippen molar-refractivity contribution in [2.45, 2.75) is 18.4 Å². The Morgan fingerprint density at radius 1 is 1.41 bits per heavy atom.